The van der Waals surface area contributed by atoms with E-state index in [1.165, 1.54) is 12.3 Å². The standard InChI is InChI=1S/C13H15FN4O/c14-10-2-3-12-16-11(9-18(12)8-10)13(19)17-6-1-4-15-5-7-17/h2-3,8-9,15H,1,4-7H2. The van der Waals surface area contributed by atoms with Gasteiger partial charge in [-0.2, -0.15) is 0 Å². The zero-order valence-corrected chi connectivity index (χ0v) is 10.5. The van der Waals surface area contributed by atoms with Gasteiger partial charge in [-0.25, -0.2) is 9.37 Å². The SMILES string of the molecule is O=C(c1cn2cc(F)ccc2n1)N1CCCNCC1. The Morgan fingerprint density at radius 2 is 2.16 bits per heavy atom. The van der Waals surface area contributed by atoms with E-state index in [4.69, 9.17) is 0 Å². The molecule has 1 amide bonds. The predicted molar refractivity (Wildman–Crippen MR) is 68.5 cm³/mol. The van der Waals surface area contributed by atoms with Crippen molar-refractivity contribution in [2.45, 2.75) is 6.42 Å². The van der Waals surface area contributed by atoms with Crippen molar-refractivity contribution in [2.24, 2.45) is 0 Å². The van der Waals surface area contributed by atoms with Crippen molar-refractivity contribution >= 4 is 11.6 Å². The van der Waals surface area contributed by atoms with Crippen LogP contribution in [0, 0.1) is 5.82 Å². The number of carbonyl (C=O) groups is 1. The molecule has 2 aromatic rings. The number of fused-ring (bicyclic) bond motifs is 1. The Labute approximate surface area is 110 Å². The second-order valence-corrected chi connectivity index (χ2v) is 4.63. The maximum atomic E-state index is 13.1. The zero-order valence-electron chi connectivity index (χ0n) is 10.5. The van der Waals surface area contributed by atoms with Gasteiger partial charge in [0.2, 0.25) is 0 Å². The number of hydrogen-bond donors (Lipinski definition) is 1. The molecular weight excluding hydrogens is 247 g/mol. The van der Waals surface area contributed by atoms with Gasteiger partial charge in [0.25, 0.3) is 5.91 Å². The summed E-state index contributed by atoms with van der Waals surface area (Å²) in [7, 11) is 0. The van der Waals surface area contributed by atoms with Gasteiger partial charge in [-0.3, -0.25) is 4.79 Å². The molecular formula is C13H15FN4O. The van der Waals surface area contributed by atoms with E-state index in [1.54, 1.807) is 21.6 Å². The molecule has 19 heavy (non-hydrogen) atoms. The first kappa shape index (κ1) is 12.1. The highest BCUT2D eigenvalue weighted by Crippen LogP contribution is 2.10. The summed E-state index contributed by atoms with van der Waals surface area (Å²) in [4.78, 5) is 18.4. The van der Waals surface area contributed by atoms with Gasteiger partial charge in [0.1, 0.15) is 17.2 Å². The molecule has 5 nitrogen and oxygen atoms in total. The average molecular weight is 262 g/mol. The molecule has 0 aliphatic carbocycles. The van der Waals surface area contributed by atoms with E-state index in [1.807, 2.05) is 0 Å². The van der Waals surface area contributed by atoms with E-state index in [0.717, 1.165) is 26.1 Å². The minimum atomic E-state index is -0.345. The average Bonchev–Trinajstić information content (AvgIpc) is 2.64. The van der Waals surface area contributed by atoms with E-state index in [9.17, 15) is 9.18 Å². The van der Waals surface area contributed by atoms with Crippen LogP contribution in [0.4, 0.5) is 4.39 Å². The molecule has 0 radical (unpaired) electrons. The van der Waals surface area contributed by atoms with Crippen LogP contribution in [0.1, 0.15) is 16.9 Å². The Bertz CT molecular complexity index is 602. The van der Waals surface area contributed by atoms with E-state index in [2.05, 4.69) is 10.3 Å². The lowest BCUT2D eigenvalue weighted by Gasteiger charge is -2.18. The van der Waals surface area contributed by atoms with Crippen molar-refractivity contribution < 1.29 is 9.18 Å². The van der Waals surface area contributed by atoms with Crippen LogP contribution in [0.5, 0.6) is 0 Å². The summed E-state index contributed by atoms with van der Waals surface area (Å²) in [6.07, 6.45) is 3.84. The summed E-state index contributed by atoms with van der Waals surface area (Å²) in [6.45, 7) is 3.14. The van der Waals surface area contributed by atoms with Gasteiger partial charge >= 0.3 is 0 Å². The third-order valence-electron chi connectivity index (χ3n) is 3.26. The lowest BCUT2D eigenvalue weighted by atomic mass is 10.3. The van der Waals surface area contributed by atoms with Crippen LogP contribution >= 0.6 is 0 Å². The fourth-order valence-electron chi connectivity index (χ4n) is 2.28. The highest BCUT2D eigenvalue weighted by Gasteiger charge is 2.19. The molecule has 0 spiro atoms. The number of imidazole rings is 1. The van der Waals surface area contributed by atoms with Crippen molar-refractivity contribution in [2.75, 3.05) is 26.2 Å². The first-order valence-corrected chi connectivity index (χ1v) is 6.38. The quantitative estimate of drug-likeness (QED) is 0.831. The number of nitrogens with zero attached hydrogens (tertiary/aromatic N) is 3. The highest BCUT2D eigenvalue weighted by atomic mass is 19.1. The normalized spacial score (nSPS) is 16.6. The molecule has 6 heteroatoms. The molecule has 0 aromatic carbocycles. The Kier molecular flexibility index (Phi) is 3.16. The summed E-state index contributed by atoms with van der Waals surface area (Å²) in [5.41, 5.74) is 0.949. The molecule has 2 aromatic heterocycles. The number of amides is 1. The summed E-state index contributed by atoms with van der Waals surface area (Å²) in [6, 6.07) is 2.91. The molecule has 1 N–H and O–H groups in total. The van der Waals surface area contributed by atoms with Crippen molar-refractivity contribution in [3.8, 4) is 0 Å². The minimum absolute atomic E-state index is 0.0900. The zero-order chi connectivity index (χ0) is 13.2. The Morgan fingerprint density at radius 1 is 1.26 bits per heavy atom. The summed E-state index contributed by atoms with van der Waals surface area (Å²) < 4.78 is 14.6. The van der Waals surface area contributed by atoms with Gasteiger partial charge in [-0.1, -0.05) is 0 Å². The maximum absolute atomic E-state index is 13.1. The Morgan fingerprint density at radius 3 is 3.05 bits per heavy atom. The van der Waals surface area contributed by atoms with Crippen LogP contribution < -0.4 is 5.32 Å². The smallest absolute Gasteiger partial charge is 0.274 e. The van der Waals surface area contributed by atoms with Crippen LogP contribution in [-0.2, 0) is 0 Å². The predicted octanol–water partition coefficient (Wildman–Crippen LogP) is 0.909. The van der Waals surface area contributed by atoms with Gasteiger partial charge in [-0.15, -0.1) is 0 Å². The van der Waals surface area contributed by atoms with Gasteiger partial charge in [0.05, 0.1) is 0 Å². The van der Waals surface area contributed by atoms with E-state index in [0.29, 0.717) is 17.9 Å². The second-order valence-electron chi connectivity index (χ2n) is 4.63. The van der Waals surface area contributed by atoms with Crippen LogP contribution in [0.2, 0.25) is 0 Å². The number of nitrogens with one attached hydrogen (secondary N) is 1. The van der Waals surface area contributed by atoms with Crippen LogP contribution in [0.25, 0.3) is 5.65 Å². The topological polar surface area (TPSA) is 49.6 Å². The number of halogens is 1. The minimum Gasteiger partial charge on any atom is -0.336 e. The fourth-order valence-corrected chi connectivity index (χ4v) is 2.28. The third-order valence-corrected chi connectivity index (χ3v) is 3.26. The van der Waals surface area contributed by atoms with Gasteiger partial charge in [-0.05, 0) is 25.1 Å². The van der Waals surface area contributed by atoms with Crippen LogP contribution in [0.15, 0.2) is 24.5 Å². The molecule has 3 rings (SSSR count). The van der Waals surface area contributed by atoms with E-state index < -0.39 is 0 Å². The van der Waals surface area contributed by atoms with Gasteiger partial charge < -0.3 is 14.6 Å². The number of pyridine rings is 1. The fraction of sp³-hybridized carbons (Fsp3) is 0.385. The van der Waals surface area contributed by atoms with Crippen molar-refractivity contribution in [3.05, 3.63) is 36.0 Å². The maximum Gasteiger partial charge on any atom is 0.274 e. The molecule has 1 fully saturated rings. The summed E-state index contributed by atoms with van der Waals surface area (Å²) in [5.74, 6) is -0.435. The lowest BCUT2D eigenvalue weighted by molar-refractivity contribution is 0.0761. The van der Waals surface area contributed by atoms with Gasteiger partial charge in [0.15, 0.2) is 0 Å². The highest BCUT2D eigenvalue weighted by molar-refractivity contribution is 5.93. The number of carbonyl (C=O) groups excluding carboxylic acids is 1. The first-order chi connectivity index (χ1) is 9.24. The molecule has 0 atom stereocenters. The molecule has 0 unspecified atom stereocenters. The van der Waals surface area contributed by atoms with E-state index >= 15 is 0 Å². The van der Waals surface area contributed by atoms with Crippen molar-refractivity contribution in [1.29, 1.82) is 0 Å². The first-order valence-electron chi connectivity index (χ1n) is 6.38. The largest absolute Gasteiger partial charge is 0.336 e. The molecule has 0 saturated carbocycles. The molecule has 1 aliphatic heterocycles. The van der Waals surface area contributed by atoms with E-state index in [-0.39, 0.29) is 11.7 Å². The van der Waals surface area contributed by atoms with Crippen molar-refractivity contribution in [1.82, 2.24) is 19.6 Å². The lowest BCUT2D eigenvalue weighted by Crippen LogP contribution is -2.34. The summed E-state index contributed by atoms with van der Waals surface area (Å²) in [5, 5.41) is 3.25. The van der Waals surface area contributed by atoms with Crippen molar-refractivity contribution in [3.63, 3.8) is 0 Å². The summed E-state index contributed by atoms with van der Waals surface area (Å²) >= 11 is 0. The second kappa shape index (κ2) is 4.97. The molecule has 100 valence electrons. The molecule has 0 bridgehead atoms. The number of aromatic nitrogens is 2. The Balaban J connectivity index is 1.88. The monoisotopic (exact) mass is 262 g/mol. The van der Waals surface area contributed by atoms with Crippen LogP contribution in [0.3, 0.4) is 0 Å². The Hall–Kier alpha value is -1.95. The van der Waals surface area contributed by atoms with Crippen LogP contribution in [-0.4, -0.2) is 46.4 Å². The third kappa shape index (κ3) is 2.44. The van der Waals surface area contributed by atoms with Gasteiger partial charge in [0, 0.05) is 32.0 Å². The number of rotatable bonds is 1. The number of hydrogen-bond acceptors (Lipinski definition) is 3. The molecule has 1 saturated heterocycles. The molecule has 3 heterocycles. The molecule has 1 aliphatic rings.